The third kappa shape index (κ3) is 3.23. The number of nitrogens with one attached hydrogen (secondary N) is 1. The second kappa shape index (κ2) is 5.54. The number of halogens is 1. The molecule has 0 aliphatic heterocycles. The molecule has 2 aromatic rings. The normalized spacial score (nSPS) is 12.1. The molecule has 0 heterocycles. The Morgan fingerprint density at radius 1 is 1.17 bits per heavy atom. The number of aromatic hydroxyl groups is 1. The van der Waals surface area contributed by atoms with E-state index < -0.39 is 5.82 Å². The zero-order valence-electron chi connectivity index (χ0n) is 10.2. The maximum absolute atomic E-state index is 13.2. The van der Waals surface area contributed by atoms with Crippen molar-refractivity contribution < 1.29 is 9.50 Å². The van der Waals surface area contributed by atoms with Gasteiger partial charge in [0.1, 0.15) is 0 Å². The summed E-state index contributed by atoms with van der Waals surface area (Å²) in [5, 5.41) is 12.3. The van der Waals surface area contributed by atoms with Crippen LogP contribution in [0, 0.1) is 5.82 Å². The molecule has 0 aliphatic carbocycles. The Hall–Kier alpha value is -2.03. The number of hydrogen-bond acceptors (Lipinski definition) is 2. The van der Waals surface area contributed by atoms with Crippen molar-refractivity contribution >= 4 is 5.69 Å². The van der Waals surface area contributed by atoms with Crippen molar-refractivity contribution in [3.63, 3.8) is 0 Å². The maximum Gasteiger partial charge on any atom is 0.166 e. The van der Waals surface area contributed by atoms with Crippen LogP contribution >= 0.6 is 0 Å². The molecule has 2 rings (SSSR count). The van der Waals surface area contributed by atoms with Crippen LogP contribution in [0.4, 0.5) is 10.1 Å². The number of rotatable bonds is 4. The van der Waals surface area contributed by atoms with Crippen LogP contribution in [0.1, 0.15) is 12.5 Å². The minimum Gasteiger partial charge on any atom is -0.505 e. The standard InChI is InChI=1S/C15H16FNO/c1-11(9-12-5-3-2-4-6-12)17-13-7-8-15(18)14(16)10-13/h2-8,10-11,17-18H,9H2,1H3. The van der Waals surface area contributed by atoms with Crippen molar-refractivity contribution in [3.05, 3.63) is 59.9 Å². The van der Waals surface area contributed by atoms with Crippen LogP contribution in [-0.4, -0.2) is 11.1 Å². The van der Waals surface area contributed by atoms with E-state index >= 15 is 0 Å². The number of phenolic OH excluding ortho intramolecular Hbond substituents is 1. The lowest BCUT2D eigenvalue weighted by molar-refractivity contribution is 0.432. The first-order chi connectivity index (χ1) is 8.65. The number of anilines is 1. The van der Waals surface area contributed by atoms with Gasteiger partial charge in [-0.25, -0.2) is 4.39 Å². The van der Waals surface area contributed by atoms with Gasteiger partial charge in [-0.15, -0.1) is 0 Å². The Kier molecular flexibility index (Phi) is 3.82. The predicted octanol–water partition coefficient (Wildman–Crippen LogP) is 3.57. The van der Waals surface area contributed by atoms with Gasteiger partial charge in [0.2, 0.25) is 0 Å². The van der Waals surface area contributed by atoms with E-state index in [4.69, 9.17) is 5.11 Å². The molecule has 2 aromatic carbocycles. The van der Waals surface area contributed by atoms with Crippen LogP contribution in [0.5, 0.6) is 5.75 Å². The number of hydrogen-bond donors (Lipinski definition) is 2. The third-order valence-corrected chi connectivity index (χ3v) is 2.75. The second-order valence-corrected chi connectivity index (χ2v) is 4.40. The van der Waals surface area contributed by atoms with E-state index in [1.165, 1.54) is 17.7 Å². The zero-order chi connectivity index (χ0) is 13.0. The van der Waals surface area contributed by atoms with E-state index in [0.717, 1.165) is 6.42 Å². The van der Waals surface area contributed by atoms with Gasteiger partial charge in [-0.05, 0) is 31.0 Å². The third-order valence-electron chi connectivity index (χ3n) is 2.75. The fraction of sp³-hybridized carbons (Fsp3) is 0.200. The highest BCUT2D eigenvalue weighted by Crippen LogP contribution is 2.20. The molecule has 0 saturated heterocycles. The van der Waals surface area contributed by atoms with Crippen molar-refractivity contribution in [2.24, 2.45) is 0 Å². The molecule has 0 spiro atoms. The monoisotopic (exact) mass is 245 g/mol. The summed E-state index contributed by atoms with van der Waals surface area (Å²) in [5.74, 6) is -0.928. The van der Waals surface area contributed by atoms with Crippen LogP contribution in [0.2, 0.25) is 0 Å². The molecule has 0 aromatic heterocycles. The molecule has 0 aliphatic rings. The number of phenols is 1. The predicted molar refractivity (Wildman–Crippen MR) is 71.3 cm³/mol. The highest BCUT2D eigenvalue weighted by Gasteiger charge is 2.06. The Morgan fingerprint density at radius 3 is 2.56 bits per heavy atom. The molecule has 0 fully saturated rings. The van der Waals surface area contributed by atoms with Gasteiger partial charge in [0.25, 0.3) is 0 Å². The highest BCUT2D eigenvalue weighted by atomic mass is 19.1. The smallest absolute Gasteiger partial charge is 0.166 e. The minimum absolute atomic E-state index is 0.191. The quantitative estimate of drug-likeness (QED) is 0.807. The molecule has 0 radical (unpaired) electrons. The fourth-order valence-corrected chi connectivity index (χ4v) is 1.90. The Balaban J connectivity index is 1.99. The van der Waals surface area contributed by atoms with Gasteiger partial charge >= 0.3 is 0 Å². The van der Waals surface area contributed by atoms with E-state index in [-0.39, 0.29) is 11.8 Å². The maximum atomic E-state index is 13.2. The molecule has 0 bridgehead atoms. The van der Waals surface area contributed by atoms with Crippen molar-refractivity contribution in [1.29, 1.82) is 0 Å². The highest BCUT2D eigenvalue weighted by molar-refractivity contribution is 5.47. The largest absolute Gasteiger partial charge is 0.505 e. The average molecular weight is 245 g/mol. The summed E-state index contributed by atoms with van der Waals surface area (Å²) < 4.78 is 13.2. The zero-order valence-corrected chi connectivity index (χ0v) is 10.2. The summed E-state index contributed by atoms with van der Waals surface area (Å²) in [6.07, 6.45) is 0.864. The van der Waals surface area contributed by atoms with Crippen LogP contribution in [0.25, 0.3) is 0 Å². The summed E-state index contributed by atoms with van der Waals surface area (Å²) in [6, 6.07) is 14.6. The summed E-state index contributed by atoms with van der Waals surface area (Å²) in [4.78, 5) is 0. The molecular formula is C15H16FNO. The molecular weight excluding hydrogens is 229 g/mol. The van der Waals surface area contributed by atoms with Gasteiger partial charge in [-0.2, -0.15) is 0 Å². The van der Waals surface area contributed by atoms with Gasteiger partial charge in [0.15, 0.2) is 11.6 Å². The van der Waals surface area contributed by atoms with Crippen LogP contribution in [0.3, 0.4) is 0 Å². The van der Waals surface area contributed by atoms with Crippen LogP contribution in [0.15, 0.2) is 48.5 Å². The Morgan fingerprint density at radius 2 is 1.89 bits per heavy atom. The Bertz CT molecular complexity index is 513. The molecule has 18 heavy (non-hydrogen) atoms. The molecule has 1 atom stereocenters. The lowest BCUT2D eigenvalue weighted by Gasteiger charge is -2.15. The molecule has 2 nitrogen and oxygen atoms in total. The Labute approximate surface area is 106 Å². The molecule has 94 valence electrons. The average Bonchev–Trinajstić information content (AvgIpc) is 2.35. The van der Waals surface area contributed by atoms with Crippen LogP contribution in [-0.2, 0) is 6.42 Å². The summed E-state index contributed by atoms with van der Waals surface area (Å²) in [6.45, 7) is 2.04. The van der Waals surface area contributed by atoms with E-state index in [0.29, 0.717) is 5.69 Å². The van der Waals surface area contributed by atoms with Gasteiger partial charge in [-0.3, -0.25) is 0 Å². The topological polar surface area (TPSA) is 32.3 Å². The lowest BCUT2D eigenvalue weighted by Crippen LogP contribution is -2.18. The second-order valence-electron chi connectivity index (χ2n) is 4.40. The van der Waals surface area contributed by atoms with Gasteiger partial charge in [0, 0.05) is 17.8 Å². The van der Waals surface area contributed by atoms with Crippen molar-refractivity contribution in [3.8, 4) is 5.75 Å². The van der Waals surface area contributed by atoms with E-state index in [1.54, 1.807) is 6.07 Å². The van der Waals surface area contributed by atoms with Crippen molar-refractivity contribution in [2.75, 3.05) is 5.32 Å². The van der Waals surface area contributed by atoms with Crippen LogP contribution < -0.4 is 5.32 Å². The van der Waals surface area contributed by atoms with Gasteiger partial charge in [-0.1, -0.05) is 30.3 Å². The fourth-order valence-electron chi connectivity index (χ4n) is 1.90. The summed E-state index contributed by atoms with van der Waals surface area (Å²) in [5.41, 5.74) is 1.91. The first-order valence-electron chi connectivity index (χ1n) is 5.94. The summed E-state index contributed by atoms with van der Waals surface area (Å²) >= 11 is 0. The molecule has 2 N–H and O–H groups in total. The first kappa shape index (κ1) is 12.4. The van der Waals surface area contributed by atoms with Gasteiger partial charge in [0.05, 0.1) is 0 Å². The molecule has 3 heteroatoms. The first-order valence-corrected chi connectivity index (χ1v) is 5.94. The molecule has 0 amide bonds. The van der Waals surface area contributed by atoms with Gasteiger partial charge < -0.3 is 10.4 Å². The van der Waals surface area contributed by atoms with E-state index in [2.05, 4.69) is 17.4 Å². The SMILES string of the molecule is CC(Cc1ccccc1)Nc1ccc(O)c(F)c1. The van der Waals surface area contributed by atoms with E-state index in [1.807, 2.05) is 25.1 Å². The van der Waals surface area contributed by atoms with E-state index in [9.17, 15) is 4.39 Å². The molecule has 1 unspecified atom stereocenters. The number of benzene rings is 2. The summed E-state index contributed by atoms with van der Waals surface area (Å²) in [7, 11) is 0. The van der Waals surface area contributed by atoms with Crippen molar-refractivity contribution in [2.45, 2.75) is 19.4 Å². The molecule has 0 saturated carbocycles. The van der Waals surface area contributed by atoms with Crippen molar-refractivity contribution in [1.82, 2.24) is 0 Å². The lowest BCUT2D eigenvalue weighted by atomic mass is 10.1. The minimum atomic E-state index is -0.605.